The largest absolute Gasteiger partial charge is 0.384 e. The molecule has 0 spiro atoms. The molecule has 0 radical (unpaired) electrons. The van der Waals surface area contributed by atoms with Crippen molar-refractivity contribution in [2.45, 2.75) is 78.6 Å². The Morgan fingerprint density at radius 3 is 2.40 bits per heavy atom. The zero-order valence-electron chi connectivity index (χ0n) is 16.9. The third-order valence-corrected chi connectivity index (χ3v) is 9.67. The second-order valence-electron chi connectivity index (χ2n) is 10.5. The summed E-state index contributed by atoms with van der Waals surface area (Å²) in [4.78, 5) is 12.2. The van der Waals surface area contributed by atoms with Gasteiger partial charge in [-0.25, -0.2) is 0 Å². The number of fused-ring (bicyclic) bond motifs is 5. The Morgan fingerprint density at radius 2 is 1.68 bits per heavy atom. The summed E-state index contributed by atoms with van der Waals surface area (Å²) in [5.74, 6) is 5.14. The summed E-state index contributed by atoms with van der Waals surface area (Å²) in [5.41, 5.74) is 0.867. The first kappa shape index (κ1) is 18.0. The van der Waals surface area contributed by atoms with Gasteiger partial charge in [-0.1, -0.05) is 13.8 Å². The number of Topliss-reactive ketones (excluding diaryl/α,β-unsaturated/α-hetero) is 1. The average molecular weight is 347 g/mol. The summed E-state index contributed by atoms with van der Waals surface area (Å²) in [6.45, 7) is 7.91. The van der Waals surface area contributed by atoms with Gasteiger partial charge in [-0.2, -0.15) is 0 Å². The van der Waals surface area contributed by atoms with Gasteiger partial charge in [0.05, 0.1) is 0 Å². The molecule has 4 fully saturated rings. The Bertz CT molecular complexity index is 528. The summed E-state index contributed by atoms with van der Waals surface area (Å²) in [5, 5.41) is 0. The lowest BCUT2D eigenvalue weighted by molar-refractivity contribution is -0.136. The number of carbonyl (C=O) groups is 1. The van der Waals surface area contributed by atoms with E-state index in [2.05, 4.69) is 13.8 Å². The Hall–Kier alpha value is -0.370. The summed E-state index contributed by atoms with van der Waals surface area (Å²) < 4.78 is 5.47. The molecule has 0 bridgehead atoms. The van der Waals surface area contributed by atoms with Crippen LogP contribution in [0.4, 0.5) is 0 Å². The minimum atomic E-state index is 0.309. The van der Waals surface area contributed by atoms with Gasteiger partial charge in [0.25, 0.3) is 0 Å². The van der Waals surface area contributed by atoms with Crippen LogP contribution in [0.15, 0.2) is 0 Å². The van der Waals surface area contributed by atoms with Crippen molar-refractivity contribution in [2.75, 3.05) is 13.7 Å². The van der Waals surface area contributed by atoms with Gasteiger partial charge in [0.2, 0.25) is 0 Å². The Labute approximate surface area is 154 Å². The number of hydrogen-bond donors (Lipinski definition) is 0. The monoisotopic (exact) mass is 346 g/mol. The van der Waals surface area contributed by atoms with Crippen molar-refractivity contribution in [3.8, 4) is 0 Å². The molecule has 4 aliphatic rings. The summed E-state index contributed by atoms with van der Waals surface area (Å²) >= 11 is 0. The molecule has 4 saturated carbocycles. The van der Waals surface area contributed by atoms with E-state index in [0.29, 0.717) is 22.5 Å². The number of rotatable bonds is 3. The molecular weight excluding hydrogens is 308 g/mol. The van der Waals surface area contributed by atoms with Crippen molar-refractivity contribution in [3.05, 3.63) is 0 Å². The first-order chi connectivity index (χ1) is 11.9. The van der Waals surface area contributed by atoms with Crippen molar-refractivity contribution in [1.29, 1.82) is 0 Å². The molecule has 4 rings (SSSR count). The molecular formula is C23H38O2. The molecule has 2 nitrogen and oxygen atoms in total. The zero-order valence-corrected chi connectivity index (χ0v) is 16.9. The topological polar surface area (TPSA) is 26.3 Å². The average Bonchev–Trinajstić information content (AvgIpc) is 2.93. The second kappa shape index (κ2) is 6.36. The van der Waals surface area contributed by atoms with Crippen LogP contribution >= 0.6 is 0 Å². The SMILES string of the molecule is COC[C@H]1CC[C@@]2(C)C(CC[C@H]3[C@@H]4CC[C@H](C(C)=O)[C@@]4(C)CC[C@@H]32)C1. The van der Waals surface area contributed by atoms with E-state index in [4.69, 9.17) is 4.74 Å². The van der Waals surface area contributed by atoms with Crippen molar-refractivity contribution in [2.24, 2.45) is 46.3 Å². The van der Waals surface area contributed by atoms with Gasteiger partial charge >= 0.3 is 0 Å². The lowest BCUT2D eigenvalue weighted by Gasteiger charge is -2.61. The number of methoxy groups -OCH3 is 1. The van der Waals surface area contributed by atoms with Gasteiger partial charge < -0.3 is 4.74 Å². The maximum absolute atomic E-state index is 12.2. The molecule has 2 heteroatoms. The summed E-state index contributed by atoms with van der Waals surface area (Å²) in [6.07, 6.45) is 12.2. The van der Waals surface area contributed by atoms with Crippen molar-refractivity contribution in [3.63, 3.8) is 0 Å². The van der Waals surface area contributed by atoms with Crippen LogP contribution in [0.5, 0.6) is 0 Å². The summed E-state index contributed by atoms with van der Waals surface area (Å²) in [7, 11) is 1.86. The molecule has 0 N–H and O–H groups in total. The van der Waals surface area contributed by atoms with E-state index in [9.17, 15) is 4.79 Å². The van der Waals surface area contributed by atoms with Crippen LogP contribution in [-0.2, 0) is 9.53 Å². The fourth-order valence-corrected chi connectivity index (χ4v) is 8.40. The van der Waals surface area contributed by atoms with Crippen molar-refractivity contribution in [1.82, 2.24) is 0 Å². The van der Waals surface area contributed by atoms with Crippen LogP contribution in [0, 0.1) is 46.3 Å². The number of carbonyl (C=O) groups excluding carboxylic acids is 1. The van der Waals surface area contributed by atoms with E-state index in [-0.39, 0.29) is 0 Å². The normalized spacial score (nSPS) is 52.2. The highest BCUT2D eigenvalue weighted by molar-refractivity contribution is 5.79. The quantitative estimate of drug-likeness (QED) is 0.675. The molecule has 25 heavy (non-hydrogen) atoms. The van der Waals surface area contributed by atoms with Gasteiger partial charge in [0, 0.05) is 19.6 Å². The molecule has 0 aromatic rings. The molecule has 0 aromatic heterocycles. The predicted octanol–water partition coefficient (Wildman–Crippen LogP) is 5.50. The smallest absolute Gasteiger partial charge is 0.133 e. The lowest BCUT2D eigenvalue weighted by Crippen LogP contribution is -2.54. The van der Waals surface area contributed by atoms with E-state index >= 15 is 0 Å². The highest BCUT2D eigenvalue weighted by Crippen LogP contribution is 2.67. The van der Waals surface area contributed by atoms with Crippen molar-refractivity contribution < 1.29 is 9.53 Å². The van der Waals surface area contributed by atoms with E-state index < -0.39 is 0 Å². The highest BCUT2D eigenvalue weighted by Gasteiger charge is 2.60. The minimum Gasteiger partial charge on any atom is -0.384 e. The van der Waals surface area contributed by atoms with Crippen molar-refractivity contribution >= 4 is 5.78 Å². The van der Waals surface area contributed by atoms with Gasteiger partial charge in [0.15, 0.2) is 0 Å². The van der Waals surface area contributed by atoms with E-state index in [0.717, 1.165) is 42.6 Å². The number of hydrogen-bond acceptors (Lipinski definition) is 2. The Balaban J connectivity index is 1.55. The molecule has 1 unspecified atom stereocenters. The van der Waals surface area contributed by atoms with E-state index in [1.807, 2.05) is 14.0 Å². The third kappa shape index (κ3) is 2.65. The van der Waals surface area contributed by atoms with Crippen LogP contribution in [0.1, 0.15) is 78.6 Å². The lowest BCUT2D eigenvalue weighted by atomic mass is 9.44. The minimum absolute atomic E-state index is 0.309. The summed E-state index contributed by atoms with van der Waals surface area (Å²) in [6, 6.07) is 0. The second-order valence-corrected chi connectivity index (χ2v) is 10.5. The number of ether oxygens (including phenoxy) is 1. The fraction of sp³-hybridized carbons (Fsp3) is 0.957. The van der Waals surface area contributed by atoms with Crippen LogP contribution < -0.4 is 0 Å². The molecule has 8 atom stereocenters. The fourth-order valence-electron chi connectivity index (χ4n) is 8.40. The number of ketones is 1. The van der Waals surface area contributed by atoms with Crippen LogP contribution in [-0.4, -0.2) is 19.5 Å². The highest BCUT2D eigenvalue weighted by atomic mass is 16.5. The third-order valence-electron chi connectivity index (χ3n) is 9.67. The van der Waals surface area contributed by atoms with E-state index in [1.54, 1.807) is 0 Å². The van der Waals surface area contributed by atoms with Crippen LogP contribution in [0.3, 0.4) is 0 Å². The Morgan fingerprint density at radius 1 is 0.960 bits per heavy atom. The van der Waals surface area contributed by atoms with E-state index in [1.165, 1.54) is 51.4 Å². The zero-order chi connectivity index (χ0) is 17.8. The first-order valence-corrected chi connectivity index (χ1v) is 10.9. The molecule has 0 saturated heterocycles. The standard InChI is InChI=1S/C23H38O2/c1-15(24)19-7-8-20-18-6-5-17-13-16(14-25-4)9-11-22(17,2)21(18)10-12-23(19,20)3/h16-21H,5-14H2,1-4H3/t16-,17?,18-,19+,20-,21-,22-,23+/m0/s1. The molecule has 4 aliphatic carbocycles. The maximum atomic E-state index is 12.2. The molecule has 142 valence electrons. The molecule has 0 aromatic carbocycles. The Kier molecular flexibility index (Phi) is 4.58. The van der Waals surface area contributed by atoms with Crippen LogP contribution in [0.2, 0.25) is 0 Å². The van der Waals surface area contributed by atoms with Gasteiger partial charge in [0.1, 0.15) is 5.78 Å². The maximum Gasteiger partial charge on any atom is 0.133 e. The first-order valence-electron chi connectivity index (χ1n) is 10.9. The van der Waals surface area contributed by atoms with Gasteiger partial charge in [-0.15, -0.1) is 0 Å². The van der Waals surface area contributed by atoms with Gasteiger partial charge in [-0.3, -0.25) is 4.79 Å². The molecule has 0 heterocycles. The molecule has 0 amide bonds. The van der Waals surface area contributed by atoms with Gasteiger partial charge in [-0.05, 0) is 105 Å². The van der Waals surface area contributed by atoms with Crippen LogP contribution in [0.25, 0.3) is 0 Å². The predicted molar refractivity (Wildman–Crippen MR) is 101 cm³/mol. The molecule has 0 aliphatic heterocycles.